The maximum absolute atomic E-state index is 13.9. The molecule has 180 valence electrons. The van der Waals surface area contributed by atoms with Crippen molar-refractivity contribution in [2.75, 3.05) is 13.7 Å². The lowest BCUT2D eigenvalue weighted by Crippen LogP contribution is -2.16. The second kappa shape index (κ2) is 11.8. The van der Waals surface area contributed by atoms with E-state index in [4.69, 9.17) is 4.74 Å². The Kier molecular flexibility index (Phi) is 8.08. The predicted molar refractivity (Wildman–Crippen MR) is 141 cm³/mol. The molecule has 1 aliphatic rings. The highest BCUT2D eigenvalue weighted by atomic mass is 19.2. The molecule has 36 heavy (non-hydrogen) atoms. The summed E-state index contributed by atoms with van der Waals surface area (Å²) in [4.78, 5) is 15.7. The lowest BCUT2D eigenvalue weighted by Gasteiger charge is -2.06. The molecule has 3 aromatic rings. The Morgan fingerprint density at radius 2 is 1.58 bits per heavy atom. The number of nitrogens with zero attached hydrogens (tertiary/aromatic N) is 2. The summed E-state index contributed by atoms with van der Waals surface area (Å²) in [5.41, 5.74) is 3.91. The topological polar surface area (TPSA) is 52.8 Å². The van der Waals surface area contributed by atoms with Gasteiger partial charge in [0, 0.05) is 11.4 Å². The molecule has 1 aliphatic heterocycles. The smallest absolute Gasteiger partial charge is 0.482 e. The first-order chi connectivity index (χ1) is 17.5. The SMILES string of the molecule is COC(=O)COc1ccc(/C=C/c2ccc(/C=C3/C=CC(/C=C/c4ccccc4)=N3)n2B(F)F)cc1. The molecule has 0 radical (unpaired) electrons. The Bertz CT molecular complexity index is 1360. The zero-order valence-electron chi connectivity index (χ0n) is 19.6. The van der Waals surface area contributed by atoms with Gasteiger partial charge in [-0.25, -0.2) is 9.79 Å². The molecule has 0 N–H and O–H groups in total. The van der Waals surface area contributed by atoms with Crippen LogP contribution in [0.15, 0.2) is 95.6 Å². The van der Waals surface area contributed by atoms with E-state index in [0.29, 0.717) is 22.8 Å². The molecule has 2 aromatic carbocycles. The van der Waals surface area contributed by atoms with Crippen molar-refractivity contribution >= 4 is 43.4 Å². The summed E-state index contributed by atoms with van der Waals surface area (Å²) in [6.07, 6.45) is 12.5. The van der Waals surface area contributed by atoms with Gasteiger partial charge in [0.05, 0.1) is 18.5 Å². The van der Waals surface area contributed by atoms with E-state index in [-0.39, 0.29) is 6.61 Å². The van der Waals surface area contributed by atoms with Gasteiger partial charge in [0.1, 0.15) is 5.75 Å². The van der Waals surface area contributed by atoms with Crippen molar-refractivity contribution in [1.82, 2.24) is 4.48 Å². The molecule has 4 rings (SSSR count). The second-order valence-electron chi connectivity index (χ2n) is 7.78. The molecular weight excluding hydrogens is 461 g/mol. The maximum Gasteiger partial charge on any atom is 0.678 e. The summed E-state index contributed by atoms with van der Waals surface area (Å²) in [5.74, 6) is 0.0294. The second-order valence-corrected chi connectivity index (χ2v) is 7.78. The number of allylic oxidation sites excluding steroid dienone is 3. The number of rotatable bonds is 9. The Balaban J connectivity index is 1.47. The van der Waals surface area contributed by atoms with Crippen molar-refractivity contribution in [1.29, 1.82) is 0 Å². The van der Waals surface area contributed by atoms with E-state index in [2.05, 4.69) is 9.73 Å². The zero-order valence-corrected chi connectivity index (χ0v) is 19.6. The monoisotopic (exact) mass is 484 g/mol. The third-order valence-corrected chi connectivity index (χ3v) is 5.31. The lowest BCUT2D eigenvalue weighted by molar-refractivity contribution is -0.142. The van der Waals surface area contributed by atoms with Gasteiger partial charge >= 0.3 is 13.4 Å². The first-order valence-corrected chi connectivity index (χ1v) is 11.2. The van der Waals surface area contributed by atoms with Crippen LogP contribution in [0.3, 0.4) is 0 Å². The summed E-state index contributed by atoms with van der Waals surface area (Å²) in [6.45, 7) is -0.185. The van der Waals surface area contributed by atoms with Crippen LogP contribution in [-0.2, 0) is 9.53 Å². The molecular formula is C28H23BF2N2O3. The van der Waals surface area contributed by atoms with Gasteiger partial charge in [-0.3, -0.25) is 8.63 Å². The van der Waals surface area contributed by atoms with Gasteiger partial charge < -0.3 is 14.0 Å². The lowest BCUT2D eigenvalue weighted by atomic mass is 10.1. The van der Waals surface area contributed by atoms with Crippen molar-refractivity contribution in [2.24, 2.45) is 4.99 Å². The van der Waals surface area contributed by atoms with Crippen LogP contribution in [0.2, 0.25) is 0 Å². The number of benzene rings is 2. The molecule has 0 fully saturated rings. The molecule has 0 aliphatic carbocycles. The molecule has 0 saturated heterocycles. The first-order valence-electron chi connectivity index (χ1n) is 11.2. The van der Waals surface area contributed by atoms with Crippen LogP contribution in [0.5, 0.6) is 5.75 Å². The Hall–Kier alpha value is -4.46. The van der Waals surface area contributed by atoms with Crippen LogP contribution >= 0.6 is 0 Å². The molecule has 0 bridgehead atoms. The van der Waals surface area contributed by atoms with Crippen LogP contribution in [0, 0.1) is 0 Å². The first kappa shape index (κ1) is 24.7. The Labute approximate surface area is 208 Å². The van der Waals surface area contributed by atoms with Crippen LogP contribution in [0.4, 0.5) is 8.63 Å². The predicted octanol–water partition coefficient (Wildman–Crippen LogP) is 6.05. The minimum Gasteiger partial charge on any atom is -0.482 e. The molecule has 0 atom stereocenters. The van der Waals surface area contributed by atoms with Crippen molar-refractivity contribution in [3.05, 3.63) is 113 Å². The molecule has 0 unspecified atom stereocenters. The minimum atomic E-state index is -2.72. The van der Waals surface area contributed by atoms with Crippen molar-refractivity contribution in [3.8, 4) is 5.75 Å². The number of aliphatic imine (C=N–C) groups is 1. The Morgan fingerprint density at radius 3 is 2.31 bits per heavy atom. The summed E-state index contributed by atoms with van der Waals surface area (Å²) in [6, 6.07) is 20.1. The number of hydrogen-bond donors (Lipinski definition) is 0. The van der Waals surface area contributed by atoms with E-state index in [0.717, 1.165) is 21.3 Å². The van der Waals surface area contributed by atoms with Crippen LogP contribution in [0.25, 0.3) is 24.3 Å². The fraction of sp³-hybridized carbons (Fsp3) is 0.0714. The number of ether oxygens (including phenoxy) is 2. The number of methoxy groups -OCH3 is 1. The van der Waals surface area contributed by atoms with E-state index < -0.39 is 13.4 Å². The van der Waals surface area contributed by atoms with E-state index in [1.165, 1.54) is 7.11 Å². The average Bonchev–Trinajstić information content (AvgIpc) is 3.52. The molecule has 2 heterocycles. The minimum absolute atomic E-state index is 0.185. The van der Waals surface area contributed by atoms with Gasteiger partial charge in [0.15, 0.2) is 6.61 Å². The van der Waals surface area contributed by atoms with Gasteiger partial charge in [0.2, 0.25) is 0 Å². The highest BCUT2D eigenvalue weighted by Gasteiger charge is 2.22. The largest absolute Gasteiger partial charge is 0.678 e. The number of carbonyl (C=O) groups excluding carboxylic acids is 1. The van der Waals surface area contributed by atoms with E-state index in [1.54, 1.807) is 60.7 Å². The fourth-order valence-electron chi connectivity index (χ4n) is 3.48. The zero-order chi connectivity index (χ0) is 25.3. The summed E-state index contributed by atoms with van der Waals surface area (Å²) < 4.78 is 38.6. The molecule has 0 amide bonds. The van der Waals surface area contributed by atoms with E-state index in [9.17, 15) is 13.4 Å². The van der Waals surface area contributed by atoms with Crippen LogP contribution in [-0.4, -0.2) is 37.3 Å². The average molecular weight is 484 g/mol. The highest BCUT2D eigenvalue weighted by molar-refractivity contribution is 6.41. The summed E-state index contributed by atoms with van der Waals surface area (Å²) in [7, 11) is -1.43. The van der Waals surface area contributed by atoms with Gasteiger partial charge in [-0.1, -0.05) is 54.6 Å². The number of aromatic nitrogens is 1. The summed E-state index contributed by atoms with van der Waals surface area (Å²) >= 11 is 0. The van der Waals surface area contributed by atoms with Gasteiger partial charge in [-0.2, -0.15) is 0 Å². The third-order valence-electron chi connectivity index (χ3n) is 5.31. The van der Waals surface area contributed by atoms with Crippen LogP contribution in [0.1, 0.15) is 22.5 Å². The molecule has 0 saturated carbocycles. The maximum atomic E-state index is 13.9. The van der Waals surface area contributed by atoms with E-state index in [1.807, 2.05) is 48.6 Å². The molecule has 5 nitrogen and oxygen atoms in total. The fourth-order valence-corrected chi connectivity index (χ4v) is 3.48. The molecule has 8 heteroatoms. The number of halogens is 2. The van der Waals surface area contributed by atoms with Crippen molar-refractivity contribution in [2.45, 2.75) is 0 Å². The molecule has 1 aromatic heterocycles. The standard InChI is InChI=1S/C28H23BF2N2O3/c1-35-28(34)20-36-27-17-9-22(10-18-27)8-14-25-15-16-26(33(25)29(30)31)19-24-13-12-23(32-24)11-7-21-5-3-2-4-6-21/h2-19H,20H2,1H3/b11-7+,14-8+,24-19-. The number of carbonyl (C=O) groups is 1. The van der Waals surface area contributed by atoms with E-state index >= 15 is 0 Å². The quantitative estimate of drug-likeness (QED) is 0.275. The third kappa shape index (κ3) is 6.57. The van der Waals surface area contributed by atoms with Crippen molar-refractivity contribution in [3.63, 3.8) is 0 Å². The van der Waals surface area contributed by atoms with Crippen molar-refractivity contribution < 1.29 is 22.9 Å². The van der Waals surface area contributed by atoms with Gasteiger partial charge in [0.25, 0.3) is 0 Å². The number of esters is 1. The summed E-state index contributed by atoms with van der Waals surface area (Å²) in [5, 5.41) is 0. The molecule has 0 spiro atoms. The van der Waals surface area contributed by atoms with Gasteiger partial charge in [-0.05, 0) is 65.8 Å². The van der Waals surface area contributed by atoms with Crippen LogP contribution < -0.4 is 4.74 Å². The Morgan fingerprint density at radius 1 is 0.889 bits per heavy atom. The normalized spacial score (nSPS) is 14.1. The highest BCUT2D eigenvalue weighted by Crippen LogP contribution is 2.21. The number of hydrogen-bond acceptors (Lipinski definition) is 4. The van der Waals surface area contributed by atoms with Gasteiger partial charge in [-0.15, -0.1) is 0 Å².